The molecule has 0 aliphatic carbocycles. The first kappa shape index (κ1) is 23.7. The zero-order valence-electron chi connectivity index (χ0n) is 16.5. The van der Waals surface area contributed by atoms with E-state index >= 15 is 0 Å². The van der Waals surface area contributed by atoms with Crippen LogP contribution in [0.25, 0.3) is 0 Å². The number of rotatable bonds is 9. The Kier molecular flexibility index (Phi) is 8.74. The smallest absolute Gasteiger partial charge is 0.416 e. The predicted octanol–water partition coefficient (Wildman–Crippen LogP) is 3.61. The van der Waals surface area contributed by atoms with Crippen LogP contribution in [0.1, 0.15) is 39.2 Å². The number of amides is 2. The van der Waals surface area contributed by atoms with Gasteiger partial charge in [-0.15, -0.1) is 0 Å². The summed E-state index contributed by atoms with van der Waals surface area (Å²) in [6.45, 7) is 5.99. The number of halogens is 3. The van der Waals surface area contributed by atoms with Gasteiger partial charge in [0.05, 0.1) is 17.9 Å². The van der Waals surface area contributed by atoms with Crippen LogP contribution in [0.15, 0.2) is 18.2 Å². The van der Waals surface area contributed by atoms with Gasteiger partial charge in [-0.2, -0.15) is 13.2 Å². The van der Waals surface area contributed by atoms with E-state index in [4.69, 9.17) is 9.47 Å². The van der Waals surface area contributed by atoms with E-state index in [1.54, 1.807) is 20.8 Å². The van der Waals surface area contributed by atoms with E-state index in [9.17, 15) is 22.8 Å². The quantitative estimate of drug-likeness (QED) is 0.617. The Balaban J connectivity index is 2.70. The van der Waals surface area contributed by atoms with Gasteiger partial charge in [0.1, 0.15) is 12.4 Å². The SMILES string of the molecule is COCCOc1ccc(C(F)(F)F)cc1NC(=O)CCCNC(=O)C(C)(C)C. The molecule has 2 N–H and O–H groups in total. The minimum atomic E-state index is -4.54. The maximum atomic E-state index is 13.0. The summed E-state index contributed by atoms with van der Waals surface area (Å²) in [4.78, 5) is 23.9. The van der Waals surface area contributed by atoms with Crippen molar-refractivity contribution in [1.29, 1.82) is 0 Å². The fourth-order valence-corrected chi connectivity index (χ4v) is 2.09. The van der Waals surface area contributed by atoms with Crippen molar-refractivity contribution in [1.82, 2.24) is 5.32 Å². The maximum absolute atomic E-state index is 13.0. The average Bonchev–Trinajstić information content (AvgIpc) is 2.58. The van der Waals surface area contributed by atoms with Gasteiger partial charge in [0.25, 0.3) is 0 Å². The van der Waals surface area contributed by atoms with E-state index in [0.717, 1.165) is 18.2 Å². The highest BCUT2D eigenvalue weighted by Gasteiger charge is 2.31. The molecule has 0 bridgehead atoms. The predicted molar refractivity (Wildman–Crippen MR) is 99.1 cm³/mol. The first-order valence-corrected chi connectivity index (χ1v) is 8.86. The molecular formula is C19H27F3N2O4. The molecule has 0 radical (unpaired) electrons. The van der Waals surface area contributed by atoms with E-state index in [2.05, 4.69) is 10.6 Å². The molecule has 6 nitrogen and oxygen atoms in total. The average molecular weight is 404 g/mol. The lowest BCUT2D eigenvalue weighted by atomic mass is 9.96. The molecule has 158 valence electrons. The lowest BCUT2D eigenvalue weighted by molar-refractivity contribution is -0.137. The van der Waals surface area contributed by atoms with E-state index in [-0.39, 0.29) is 37.0 Å². The Morgan fingerprint density at radius 2 is 1.79 bits per heavy atom. The van der Waals surface area contributed by atoms with Crippen molar-refractivity contribution in [3.05, 3.63) is 23.8 Å². The molecule has 0 fully saturated rings. The summed E-state index contributed by atoms with van der Waals surface area (Å²) in [7, 11) is 1.47. The Bertz CT molecular complexity index is 670. The fourth-order valence-electron chi connectivity index (χ4n) is 2.09. The third-order valence-corrected chi connectivity index (χ3v) is 3.67. The van der Waals surface area contributed by atoms with Crippen molar-refractivity contribution in [2.75, 3.05) is 32.2 Å². The van der Waals surface area contributed by atoms with Gasteiger partial charge in [-0.1, -0.05) is 20.8 Å². The highest BCUT2D eigenvalue weighted by atomic mass is 19.4. The van der Waals surface area contributed by atoms with Crippen molar-refractivity contribution in [3.63, 3.8) is 0 Å². The van der Waals surface area contributed by atoms with Crippen molar-refractivity contribution >= 4 is 17.5 Å². The second-order valence-electron chi connectivity index (χ2n) is 7.21. The first-order chi connectivity index (χ1) is 12.9. The second-order valence-corrected chi connectivity index (χ2v) is 7.21. The van der Waals surface area contributed by atoms with E-state index in [1.165, 1.54) is 7.11 Å². The number of methoxy groups -OCH3 is 1. The van der Waals surface area contributed by atoms with Gasteiger partial charge >= 0.3 is 6.18 Å². The zero-order valence-corrected chi connectivity index (χ0v) is 16.5. The molecule has 0 saturated carbocycles. The van der Waals surface area contributed by atoms with Crippen LogP contribution in [-0.4, -0.2) is 38.7 Å². The summed E-state index contributed by atoms with van der Waals surface area (Å²) in [6.07, 6.45) is -4.15. The molecule has 0 saturated heterocycles. The van der Waals surface area contributed by atoms with Gasteiger partial charge in [-0.3, -0.25) is 9.59 Å². The molecule has 2 amide bonds. The number of carbonyl (C=O) groups excluding carboxylic acids is 2. The molecule has 0 heterocycles. The number of nitrogens with one attached hydrogen (secondary N) is 2. The molecule has 0 atom stereocenters. The molecule has 0 unspecified atom stereocenters. The number of carbonyl (C=O) groups is 2. The van der Waals surface area contributed by atoms with Crippen LogP contribution in [0.5, 0.6) is 5.75 Å². The van der Waals surface area contributed by atoms with Gasteiger partial charge in [0.2, 0.25) is 11.8 Å². The van der Waals surface area contributed by atoms with E-state index in [0.29, 0.717) is 13.0 Å². The number of alkyl halides is 3. The molecular weight excluding hydrogens is 377 g/mol. The Hall–Kier alpha value is -2.29. The van der Waals surface area contributed by atoms with Gasteiger partial charge in [-0.25, -0.2) is 0 Å². The summed E-state index contributed by atoms with van der Waals surface area (Å²) in [5.74, 6) is -0.486. The zero-order chi connectivity index (χ0) is 21.4. The minimum absolute atomic E-state index is 0.0399. The molecule has 0 aliphatic heterocycles. The van der Waals surface area contributed by atoms with Crippen LogP contribution in [0, 0.1) is 5.41 Å². The summed E-state index contributed by atoms with van der Waals surface area (Å²) >= 11 is 0. The molecule has 0 spiro atoms. The monoisotopic (exact) mass is 404 g/mol. The molecule has 28 heavy (non-hydrogen) atoms. The molecule has 1 aromatic rings. The van der Waals surface area contributed by atoms with Crippen LogP contribution < -0.4 is 15.4 Å². The van der Waals surface area contributed by atoms with Gasteiger partial charge in [0, 0.05) is 25.5 Å². The summed E-state index contributed by atoms with van der Waals surface area (Å²) in [5.41, 5.74) is -1.48. The third-order valence-electron chi connectivity index (χ3n) is 3.67. The van der Waals surface area contributed by atoms with Crippen molar-refractivity contribution < 1.29 is 32.2 Å². The minimum Gasteiger partial charge on any atom is -0.489 e. The molecule has 0 aromatic heterocycles. The Labute approximate surface area is 162 Å². The topological polar surface area (TPSA) is 76.7 Å². The number of ether oxygens (including phenoxy) is 2. The Morgan fingerprint density at radius 3 is 2.36 bits per heavy atom. The van der Waals surface area contributed by atoms with Crippen molar-refractivity contribution in [2.24, 2.45) is 5.41 Å². The molecule has 1 aromatic carbocycles. The first-order valence-electron chi connectivity index (χ1n) is 8.86. The Morgan fingerprint density at radius 1 is 1.11 bits per heavy atom. The van der Waals surface area contributed by atoms with Gasteiger partial charge in [0.15, 0.2) is 0 Å². The number of anilines is 1. The molecule has 1 rings (SSSR count). The highest BCUT2D eigenvalue weighted by Crippen LogP contribution is 2.35. The number of benzene rings is 1. The maximum Gasteiger partial charge on any atom is 0.416 e. The largest absolute Gasteiger partial charge is 0.489 e. The molecule has 9 heteroatoms. The van der Waals surface area contributed by atoms with Crippen molar-refractivity contribution in [2.45, 2.75) is 39.8 Å². The second kappa shape index (κ2) is 10.3. The van der Waals surface area contributed by atoms with Gasteiger partial charge < -0.3 is 20.1 Å². The lowest BCUT2D eigenvalue weighted by Gasteiger charge is -2.17. The van der Waals surface area contributed by atoms with Crippen LogP contribution in [-0.2, 0) is 20.5 Å². The summed E-state index contributed by atoms with van der Waals surface area (Å²) in [6, 6.07) is 2.89. The standard InChI is InChI=1S/C19H27F3N2O4/c1-18(2,3)17(26)23-9-5-6-16(25)24-14-12-13(19(20,21)22)7-8-15(14)28-11-10-27-4/h7-8,12H,5-6,9-11H2,1-4H3,(H,23,26)(H,24,25). The summed E-state index contributed by atoms with van der Waals surface area (Å²) in [5, 5.41) is 5.16. The van der Waals surface area contributed by atoms with Crippen LogP contribution in [0.4, 0.5) is 18.9 Å². The summed E-state index contributed by atoms with van der Waals surface area (Å²) < 4.78 is 49.1. The number of hydrogen-bond acceptors (Lipinski definition) is 4. The van der Waals surface area contributed by atoms with E-state index in [1.807, 2.05) is 0 Å². The van der Waals surface area contributed by atoms with Gasteiger partial charge in [-0.05, 0) is 24.6 Å². The van der Waals surface area contributed by atoms with Crippen LogP contribution in [0.3, 0.4) is 0 Å². The van der Waals surface area contributed by atoms with E-state index < -0.39 is 23.1 Å². The lowest BCUT2D eigenvalue weighted by Crippen LogP contribution is -2.35. The van der Waals surface area contributed by atoms with Crippen molar-refractivity contribution in [3.8, 4) is 5.75 Å². The third kappa shape index (κ3) is 8.16. The van der Waals surface area contributed by atoms with Crippen LogP contribution >= 0.6 is 0 Å². The van der Waals surface area contributed by atoms with Crippen LogP contribution in [0.2, 0.25) is 0 Å². The number of hydrogen-bond donors (Lipinski definition) is 2. The molecule has 0 aliphatic rings. The normalized spacial score (nSPS) is 11.8. The fraction of sp³-hybridized carbons (Fsp3) is 0.579. The highest BCUT2D eigenvalue weighted by molar-refractivity contribution is 5.92.